The van der Waals surface area contributed by atoms with E-state index in [0.29, 0.717) is 0 Å². The molecule has 0 aromatic heterocycles. The second-order valence-corrected chi connectivity index (χ2v) is 15.7. The van der Waals surface area contributed by atoms with E-state index in [0.717, 1.165) is 0 Å². The Hall–Kier alpha value is -1.42. The van der Waals surface area contributed by atoms with Crippen molar-refractivity contribution in [1.82, 2.24) is 0 Å². The Morgan fingerprint density at radius 3 is 0.955 bits per heavy atom. The van der Waals surface area contributed by atoms with E-state index in [-0.39, 0.29) is 0 Å². The molecular weight excluding hydrogens is 459 g/mol. The van der Waals surface area contributed by atoms with Gasteiger partial charge in [0.2, 0.25) is 0 Å². The molecule has 0 aliphatic carbocycles. The summed E-state index contributed by atoms with van der Waals surface area (Å²) in [6.07, 6.45) is 0. The van der Waals surface area contributed by atoms with Gasteiger partial charge in [-0.1, -0.05) is 0 Å². The summed E-state index contributed by atoms with van der Waals surface area (Å²) in [5, 5.41) is 0. The van der Waals surface area contributed by atoms with Gasteiger partial charge in [-0.2, -0.15) is 0 Å². The molecule has 3 rings (SSSR count). The minimum absolute atomic E-state index is 1.34. The Kier molecular flexibility index (Phi) is 5.82. The van der Waals surface area contributed by atoms with E-state index in [2.05, 4.69) is 91.0 Å². The Balaban J connectivity index is 1.75. The summed E-state index contributed by atoms with van der Waals surface area (Å²) in [6, 6.07) is 33.1. The first-order chi connectivity index (χ1) is 10.9. The van der Waals surface area contributed by atoms with Gasteiger partial charge in [0.05, 0.1) is 0 Å². The van der Waals surface area contributed by atoms with Crippen LogP contribution in [0.1, 0.15) is 16.7 Å². The van der Waals surface area contributed by atoms with Crippen molar-refractivity contribution >= 4 is 22.7 Å². The van der Waals surface area contributed by atoms with Gasteiger partial charge in [0, 0.05) is 0 Å². The van der Waals surface area contributed by atoms with Gasteiger partial charge < -0.3 is 0 Å². The van der Waals surface area contributed by atoms with Gasteiger partial charge >= 0.3 is 142 Å². The van der Waals surface area contributed by atoms with Crippen molar-refractivity contribution < 1.29 is 0 Å². The van der Waals surface area contributed by atoms with Crippen molar-refractivity contribution in [1.29, 1.82) is 0 Å². The molecule has 0 aliphatic rings. The fourth-order valence-electron chi connectivity index (χ4n) is 2.84. The summed E-state index contributed by atoms with van der Waals surface area (Å²) in [5.41, 5.74) is 4.57. The minimum atomic E-state index is -1.74. The predicted octanol–water partition coefficient (Wildman–Crippen LogP) is 4.83. The molecule has 22 heavy (non-hydrogen) atoms. The van der Waals surface area contributed by atoms with Gasteiger partial charge in [0.1, 0.15) is 0 Å². The Labute approximate surface area is 142 Å². The number of benzene rings is 3. The molecule has 0 amide bonds. The third kappa shape index (κ3) is 4.80. The molecule has 1 radical (unpaired) electrons. The first-order valence-electron chi connectivity index (χ1n) is 7.85. The normalized spacial score (nSPS) is 10.8. The van der Waals surface area contributed by atoms with Crippen LogP contribution >= 0.6 is 0 Å². The van der Waals surface area contributed by atoms with Crippen molar-refractivity contribution in [3.05, 3.63) is 108 Å². The molecule has 0 fully saturated rings. The van der Waals surface area contributed by atoms with Crippen LogP contribution in [0.3, 0.4) is 0 Å². The predicted molar refractivity (Wildman–Crippen MR) is 96.2 cm³/mol. The molecule has 0 unspecified atom stereocenters. The van der Waals surface area contributed by atoms with Gasteiger partial charge in [-0.15, -0.1) is 0 Å². The van der Waals surface area contributed by atoms with Crippen LogP contribution in [0.2, 0.25) is 0 Å². The van der Waals surface area contributed by atoms with E-state index >= 15 is 0 Å². The summed E-state index contributed by atoms with van der Waals surface area (Å²) < 4.78 is 4.03. The average molecular weight is 481 g/mol. The third-order valence-corrected chi connectivity index (χ3v) is 14.5. The fraction of sp³-hybridized carbons (Fsp3) is 0.143. The first kappa shape index (κ1) is 15.5. The quantitative estimate of drug-likeness (QED) is 0.444. The number of hydrogen-bond donors (Lipinski definition) is 0. The van der Waals surface area contributed by atoms with Crippen molar-refractivity contribution in [3.8, 4) is 0 Å². The molecule has 0 N–H and O–H groups in total. The summed E-state index contributed by atoms with van der Waals surface area (Å²) in [4.78, 5) is 0. The summed E-state index contributed by atoms with van der Waals surface area (Å²) in [7, 11) is 0. The van der Waals surface area contributed by atoms with Crippen LogP contribution in [0.25, 0.3) is 0 Å². The van der Waals surface area contributed by atoms with Crippen molar-refractivity contribution in [3.63, 3.8) is 0 Å². The molecule has 0 nitrogen and oxygen atoms in total. The SMILES string of the molecule is c1ccc([CH2][Pb]([CH2]c2ccccc2)[CH2]c2ccccc2)cc1. The second kappa shape index (κ2) is 8.28. The molecule has 0 atom stereocenters. The molecule has 3 aromatic carbocycles. The average Bonchev–Trinajstić information content (AvgIpc) is 2.57. The van der Waals surface area contributed by atoms with Gasteiger partial charge in [-0.05, 0) is 0 Å². The molecule has 3 aromatic rings. The van der Waals surface area contributed by atoms with Gasteiger partial charge in [0.15, 0.2) is 0 Å². The van der Waals surface area contributed by atoms with E-state index in [1.165, 1.54) is 28.6 Å². The molecule has 0 saturated carbocycles. The zero-order valence-electron chi connectivity index (χ0n) is 12.8. The fourth-order valence-corrected chi connectivity index (χ4v) is 13.8. The van der Waals surface area contributed by atoms with Crippen LogP contribution in [0.15, 0.2) is 91.0 Å². The molecule has 0 spiro atoms. The monoisotopic (exact) mass is 481 g/mol. The van der Waals surface area contributed by atoms with Crippen LogP contribution in [0.5, 0.6) is 0 Å². The number of hydrogen-bond acceptors (Lipinski definition) is 0. The second-order valence-electron chi connectivity index (χ2n) is 5.74. The molecule has 0 saturated heterocycles. The molecule has 1 heteroatoms. The Bertz CT molecular complexity index is 563. The summed E-state index contributed by atoms with van der Waals surface area (Å²) in [5.74, 6) is 0. The Morgan fingerprint density at radius 2 is 0.682 bits per heavy atom. The van der Waals surface area contributed by atoms with Crippen LogP contribution in [0, 0.1) is 0 Å². The molecule has 0 heterocycles. The zero-order valence-corrected chi connectivity index (χ0v) is 16.7. The van der Waals surface area contributed by atoms with Crippen LogP contribution < -0.4 is 0 Å². The van der Waals surface area contributed by atoms with E-state index in [4.69, 9.17) is 0 Å². The van der Waals surface area contributed by atoms with Crippen LogP contribution in [-0.4, -0.2) is 22.7 Å². The number of rotatable bonds is 6. The van der Waals surface area contributed by atoms with Crippen molar-refractivity contribution in [2.45, 2.75) is 11.9 Å². The standard InChI is InChI=1S/3C7H7.Pb/c3*1-7-5-3-2-4-6-7;/h3*2-6H,1H2;. The topological polar surface area (TPSA) is 0 Å². The maximum atomic E-state index is 2.29. The van der Waals surface area contributed by atoms with Gasteiger partial charge in [-0.25, -0.2) is 0 Å². The van der Waals surface area contributed by atoms with E-state index < -0.39 is 22.7 Å². The summed E-state index contributed by atoms with van der Waals surface area (Å²) in [6.45, 7) is 0. The van der Waals surface area contributed by atoms with Gasteiger partial charge in [-0.3, -0.25) is 0 Å². The van der Waals surface area contributed by atoms with Crippen LogP contribution in [0.4, 0.5) is 0 Å². The first-order valence-corrected chi connectivity index (χ1v) is 16.1. The molecule has 0 bridgehead atoms. The van der Waals surface area contributed by atoms with E-state index in [1.54, 1.807) is 0 Å². The molecular formula is C21H21Pb. The Morgan fingerprint density at radius 1 is 0.409 bits per heavy atom. The van der Waals surface area contributed by atoms with E-state index in [9.17, 15) is 0 Å². The maximum absolute atomic E-state index is 2.29. The van der Waals surface area contributed by atoms with Crippen molar-refractivity contribution in [2.24, 2.45) is 0 Å². The van der Waals surface area contributed by atoms with Crippen molar-refractivity contribution in [2.75, 3.05) is 0 Å². The van der Waals surface area contributed by atoms with Crippen LogP contribution in [-0.2, 0) is 11.9 Å². The van der Waals surface area contributed by atoms with Gasteiger partial charge in [0.25, 0.3) is 0 Å². The third-order valence-electron chi connectivity index (χ3n) is 3.89. The molecule has 109 valence electrons. The van der Waals surface area contributed by atoms with E-state index in [1.807, 2.05) is 0 Å². The molecule has 0 aliphatic heterocycles. The summed E-state index contributed by atoms with van der Waals surface area (Å²) >= 11 is -1.74. The zero-order chi connectivity index (χ0) is 15.0.